The van der Waals surface area contributed by atoms with Gasteiger partial charge in [0.05, 0.1) is 12.8 Å². The molecule has 29 heavy (non-hydrogen) atoms. The lowest BCUT2D eigenvalue weighted by Crippen LogP contribution is -2.49. The van der Waals surface area contributed by atoms with Gasteiger partial charge in [-0.05, 0) is 31.5 Å². The number of ether oxygens (including phenoxy) is 2. The van der Waals surface area contributed by atoms with Gasteiger partial charge in [0.25, 0.3) is 5.91 Å². The van der Waals surface area contributed by atoms with Gasteiger partial charge in [0, 0.05) is 52.1 Å². The van der Waals surface area contributed by atoms with Crippen LogP contribution >= 0.6 is 0 Å². The van der Waals surface area contributed by atoms with E-state index in [4.69, 9.17) is 9.47 Å². The number of benzene rings is 1. The summed E-state index contributed by atoms with van der Waals surface area (Å²) >= 11 is 0. The second-order valence-electron chi connectivity index (χ2n) is 6.94. The van der Waals surface area contributed by atoms with Gasteiger partial charge in [-0.3, -0.25) is 4.79 Å². The van der Waals surface area contributed by atoms with Gasteiger partial charge in [-0.1, -0.05) is 12.1 Å². The minimum absolute atomic E-state index is 0.0601. The molecular weight excluding hydrogens is 370 g/mol. The molecule has 2 aromatic rings. The molecule has 1 fully saturated rings. The standard InChI is InChI=1S/C21H29N5O3/c1-16-15-17(24-21(23-16)22-9-6-14-28-2)20(27)26-12-10-25(11-13-26)18-7-4-5-8-19(18)29-3/h4-5,7-8,15H,6,9-14H2,1-3H3,(H,22,23,24). The number of aryl methyl sites for hydroxylation is 1. The highest BCUT2D eigenvalue weighted by Gasteiger charge is 2.25. The summed E-state index contributed by atoms with van der Waals surface area (Å²) in [6.07, 6.45) is 0.849. The summed E-state index contributed by atoms with van der Waals surface area (Å²) < 4.78 is 10.5. The molecule has 1 aromatic carbocycles. The van der Waals surface area contributed by atoms with Crippen molar-refractivity contribution in [1.82, 2.24) is 14.9 Å². The Morgan fingerprint density at radius 3 is 2.62 bits per heavy atom. The van der Waals surface area contributed by atoms with E-state index in [0.29, 0.717) is 37.9 Å². The average Bonchev–Trinajstić information content (AvgIpc) is 2.76. The first-order valence-corrected chi connectivity index (χ1v) is 9.88. The molecule has 3 rings (SSSR count). The first kappa shape index (κ1) is 20.9. The molecule has 1 saturated heterocycles. The molecule has 2 heterocycles. The molecule has 1 amide bonds. The van der Waals surface area contributed by atoms with Crippen LogP contribution in [0.4, 0.5) is 11.6 Å². The van der Waals surface area contributed by atoms with E-state index in [-0.39, 0.29) is 5.91 Å². The molecule has 0 saturated carbocycles. The highest BCUT2D eigenvalue weighted by molar-refractivity contribution is 5.93. The van der Waals surface area contributed by atoms with Crippen molar-refractivity contribution in [2.24, 2.45) is 0 Å². The van der Waals surface area contributed by atoms with Crippen molar-refractivity contribution in [2.75, 3.05) is 63.8 Å². The maximum atomic E-state index is 13.0. The molecule has 1 aliphatic heterocycles. The van der Waals surface area contributed by atoms with Crippen molar-refractivity contribution < 1.29 is 14.3 Å². The van der Waals surface area contributed by atoms with Crippen LogP contribution < -0.4 is 15.0 Å². The topological polar surface area (TPSA) is 79.8 Å². The molecule has 0 unspecified atom stereocenters. The summed E-state index contributed by atoms with van der Waals surface area (Å²) in [7, 11) is 3.35. The van der Waals surface area contributed by atoms with Gasteiger partial charge in [-0.25, -0.2) is 9.97 Å². The zero-order chi connectivity index (χ0) is 20.6. The van der Waals surface area contributed by atoms with E-state index in [2.05, 4.69) is 20.2 Å². The third-order valence-electron chi connectivity index (χ3n) is 4.87. The SMILES string of the molecule is COCCCNc1nc(C)cc(C(=O)N2CCN(c3ccccc3OC)CC2)n1. The average molecular weight is 399 g/mol. The van der Waals surface area contributed by atoms with E-state index in [1.807, 2.05) is 36.1 Å². The van der Waals surface area contributed by atoms with Crippen LogP contribution in [0.2, 0.25) is 0 Å². The second kappa shape index (κ2) is 10.1. The molecule has 0 spiro atoms. The molecule has 0 atom stereocenters. The lowest BCUT2D eigenvalue weighted by molar-refractivity contribution is 0.0740. The summed E-state index contributed by atoms with van der Waals surface area (Å²) in [5.41, 5.74) is 2.25. The van der Waals surface area contributed by atoms with Crippen LogP contribution in [-0.4, -0.2) is 74.3 Å². The van der Waals surface area contributed by atoms with E-state index in [9.17, 15) is 4.79 Å². The molecule has 0 bridgehead atoms. The number of piperazine rings is 1. The van der Waals surface area contributed by atoms with E-state index in [1.54, 1.807) is 20.3 Å². The van der Waals surface area contributed by atoms with Gasteiger partial charge in [0.15, 0.2) is 0 Å². The molecule has 1 aliphatic rings. The Kier molecular flexibility index (Phi) is 7.24. The van der Waals surface area contributed by atoms with Crippen molar-refractivity contribution in [3.8, 4) is 5.75 Å². The van der Waals surface area contributed by atoms with Crippen LogP contribution in [0.1, 0.15) is 22.6 Å². The number of hydrogen-bond donors (Lipinski definition) is 1. The van der Waals surface area contributed by atoms with Crippen molar-refractivity contribution in [3.05, 3.63) is 41.7 Å². The summed E-state index contributed by atoms with van der Waals surface area (Å²) in [6.45, 7) is 6.01. The van der Waals surface area contributed by atoms with E-state index in [1.165, 1.54) is 0 Å². The van der Waals surface area contributed by atoms with Crippen LogP contribution in [0, 0.1) is 6.92 Å². The molecule has 8 nitrogen and oxygen atoms in total. The molecule has 1 N–H and O–H groups in total. The number of nitrogens with one attached hydrogen (secondary N) is 1. The predicted molar refractivity (Wildman–Crippen MR) is 113 cm³/mol. The van der Waals surface area contributed by atoms with Crippen molar-refractivity contribution in [2.45, 2.75) is 13.3 Å². The highest BCUT2D eigenvalue weighted by atomic mass is 16.5. The third kappa shape index (κ3) is 5.35. The van der Waals surface area contributed by atoms with Crippen LogP contribution in [0.25, 0.3) is 0 Å². The third-order valence-corrected chi connectivity index (χ3v) is 4.87. The number of anilines is 2. The fourth-order valence-electron chi connectivity index (χ4n) is 3.38. The number of nitrogens with zero attached hydrogens (tertiary/aromatic N) is 4. The Labute approximate surface area is 171 Å². The number of methoxy groups -OCH3 is 2. The zero-order valence-electron chi connectivity index (χ0n) is 17.4. The fourth-order valence-corrected chi connectivity index (χ4v) is 3.38. The molecule has 0 radical (unpaired) electrons. The normalized spacial score (nSPS) is 14.0. The van der Waals surface area contributed by atoms with E-state index < -0.39 is 0 Å². The zero-order valence-corrected chi connectivity index (χ0v) is 17.4. The number of para-hydroxylation sites is 2. The lowest BCUT2D eigenvalue weighted by atomic mass is 10.2. The molecule has 156 valence electrons. The second-order valence-corrected chi connectivity index (χ2v) is 6.94. The first-order valence-electron chi connectivity index (χ1n) is 9.88. The van der Waals surface area contributed by atoms with Crippen molar-refractivity contribution >= 4 is 17.5 Å². The molecule has 8 heteroatoms. The number of rotatable bonds is 8. The smallest absolute Gasteiger partial charge is 0.272 e. The van der Waals surface area contributed by atoms with Crippen LogP contribution in [0.5, 0.6) is 5.75 Å². The molecule has 0 aliphatic carbocycles. The van der Waals surface area contributed by atoms with E-state index >= 15 is 0 Å². The van der Waals surface area contributed by atoms with E-state index in [0.717, 1.165) is 36.6 Å². The van der Waals surface area contributed by atoms with Gasteiger partial charge in [0.1, 0.15) is 11.4 Å². The first-order chi connectivity index (χ1) is 14.1. The van der Waals surface area contributed by atoms with Gasteiger partial charge in [0.2, 0.25) is 5.95 Å². The van der Waals surface area contributed by atoms with Gasteiger partial charge < -0.3 is 24.6 Å². The number of carbonyl (C=O) groups is 1. The minimum atomic E-state index is -0.0601. The van der Waals surface area contributed by atoms with Crippen LogP contribution in [-0.2, 0) is 4.74 Å². The summed E-state index contributed by atoms with van der Waals surface area (Å²) in [6, 6.07) is 9.71. The Bertz CT molecular complexity index is 822. The van der Waals surface area contributed by atoms with Crippen LogP contribution in [0.15, 0.2) is 30.3 Å². The summed E-state index contributed by atoms with van der Waals surface area (Å²) in [5.74, 6) is 1.27. The number of aromatic nitrogens is 2. The summed E-state index contributed by atoms with van der Waals surface area (Å²) in [4.78, 5) is 25.9. The number of amides is 1. The van der Waals surface area contributed by atoms with Crippen LogP contribution in [0.3, 0.4) is 0 Å². The molecular formula is C21H29N5O3. The monoisotopic (exact) mass is 399 g/mol. The Morgan fingerprint density at radius 2 is 1.90 bits per heavy atom. The Hall–Kier alpha value is -2.87. The van der Waals surface area contributed by atoms with Gasteiger partial charge >= 0.3 is 0 Å². The number of carbonyl (C=O) groups excluding carboxylic acids is 1. The Morgan fingerprint density at radius 1 is 1.14 bits per heavy atom. The van der Waals surface area contributed by atoms with Gasteiger partial charge in [-0.2, -0.15) is 0 Å². The largest absolute Gasteiger partial charge is 0.495 e. The quantitative estimate of drug-likeness (QED) is 0.682. The number of hydrogen-bond acceptors (Lipinski definition) is 7. The van der Waals surface area contributed by atoms with Gasteiger partial charge in [-0.15, -0.1) is 0 Å². The van der Waals surface area contributed by atoms with Crippen molar-refractivity contribution in [3.63, 3.8) is 0 Å². The van der Waals surface area contributed by atoms with Crippen molar-refractivity contribution in [1.29, 1.82) is 0 Å². The maximum absolute atomic E-state index is 13.0. The maximum Gasteiger partial charge on any atom is 0.272 e. The Balaban J connectivity index is 1.62. The minimum Gasteiger partial charge on any atom is -0.495 e. The molecule has 1 aromatic heterocycles. The predicted octanol–water partition coefficient (Wildman–Crippen LogP) is 2.20. The fraction of sp³-hybridized carbons (Fsp3) is 0.476. The lowest BCUT2D eigenvalue weighted by Gasteiger charge is -2.36. The summed E-state index contributed by atoms with van der Waals surface area (Å²) in [5, 5.41) is 3.16. The highest BCUT2D eigenvalue weighted by Crippen LogP contribution is 2.28.